The molecule has 0 heterocycles. The summed E-state index contributed by atoms with van der Waals surface area (Å²) in [4.78, 5) is 13.4. The fourth-order valence-electron chi connectivity index (χ4n) is 3.63. The fourth-order valence-corrected chi connectivity index (χ4v) is 3.63. The van der Waals surface area contributed by atoms with E-state index in [9.17, 15) is 4.79 Å². The maximum absolute atomic E-state index is 13.4. The minimum atomic E-state index is -0.563. The average Bonchev–Trinajstić information content (AvgIpc) is 2.78. The highest BCUT2D eigenvalue weighted by molar-refractivity contribution is 5.97. The van der Waals surface area contributed by atoms with Gasteiger partial charge < -0.3 is 14.8 Å². The van der Waals surface area contributed by atoms with Crippen molar-refractivity contribution in [1.82, 2.24) is 5.32 Å². The normalized spacial score (nSPS) is 12.7. The average molecular weight is 419 g/mol. The third-order valence-electron chi connectivity index (χ3n) is 5.28. The molecule has 0 aliphatic carbocycles. The van der Waals surface area contributed by atoms with Gasteiger partial charge in [0.15, 0.2) is 0 Å². The quantitative estimate of drug-likeness (QED) is 0.518. The minimum absolute atomic E-state index is 0.120. The van der Waals surface area contributed by atoms with Gasteiger partial charge in [-0.3, -0.25) is 10.1 Å². The molecule has 0 spiro atoms. The van der Waals surface area contributed by atoms with Crippen LogP contribution in [0.25, 0.3) is 0 Å². The molecule has 5 nitrogen and oxygen atoms in total. The van der Waals surface area contributed by atoms with Gasteiger partial charge in [0, 0.05) is 11.6 Å². The van der Waals surface area contributed by atoms with Crippen molar-refractivity contribution in [3.8, 4) is 11.5 Å². The van der Waals surface area contributed by atoms with Crippen molar-refractivity contribution in [1.29, 1.82) is 0 Å². The van der Waals surface area contributed by atoms with Gasteiger partial charge in [-0.2, -0.15) is 0 Å². The summed E-state index contributed by atoms with van der Waals surface area (Å²) < 4.78 is 11.0. The molecule has 3 aromatic rings. The molecule has 31 heavy (non-hydrogen) atoms. The molecule has 0 bridgehead atoms. The molecule has 1 amide bonds. The Labute approximate surface area is 184 Å². The Morgan fingerprint density at radius 3 is 2.10 bits per heavy atom. The number of benzene rings is 3. The van der Waals surface area contributed by atoms with E-state index in [0.717, 1.165) is 28.0 Å². The van der Waals surface area contributed by atoms with Gasteiger partial charge in [0.25, 0.3) is 0 Å². The molecule has 5 heteroatoms. The third-order valence-corrected chi connectivity index (χ3v) is 5.28. The van der Waals surface area contributed by atoms with E-state index in [0.29, 0.717) is 11.4 Å². The summed E-state index contributed by atoms with van der Waals surface area (Å²) in [5, 5.41) is 6.53. The molecule has 0 aromatic heterocycles. The molecule has 162 valence electrons. The number of ether oxygens (including phenoxy) is 2. The van der Waals surface area contributed by atoms with Gasteiger partial charge in [-0.05, 0) is 50.1 Å². The number of nitrogens with one attached hydrogen (secondary N) is 2. The third kappa shape index (κ3) is 5.44. The maximum Gasteiger partial charge on any atom is 0.246 e. The lowest BCUT2D eigenvalue weighted by Gasteiger charge is -2.25. The predicted molar refractivity (Wildman–Crippen MR) is 125 cm³/mol. The second kappa shape index (κ2) is 10.1. The Bertz CT molecular complexity index is 1030. The van der Waals surface area contributed by atoms with E-state index >= 15 is 0 Å². The molecule has 0 radical (unpaired) electrons. The largest absolute Gasteiger partial charge is 0.496 e. The van der Waals surface area contributed by atoms with Crippen molar-refractivity contribution in [3.05, 3.63) is 89.0 Å². The number of carbonyl (C=O) groups is 1. The van der Waals surface area contributed by atoms with Crippen LogP contribution in [0.5, 0.6) is 11.5 Å². The van der Waals surface area contributed by atoms with Crippen LogP contribution in [0, 0.1) is 13.8 Å². The highest BCUT2D eigenvalue weighted by Crippen LogP contribution is 2.30. The lowest BCUT2D eigenvalue weighted by atomic mass is 10.0. The zero-order valence-electron chi connectivity index (χ0n) is 18.7. The number of hydrogen-bond donors (Lipinski definition) is 2. The van der Waals surface area contributed by atoms with E-state index in [2.05, 4.69) is 16.7 Å². The van der Waals surface area contributed by atoms with E-state index in [1.807, 2.05) is 81.4 Å². The van der Waals surface area contributed by atoms with Crippen LogP contribution in [0.1, 0.15) is 41.3 Å². The molecule has 2 unspecified atom stereocenters. The van der Waals surface area contributed by atoms with Gasteiger partial charge in [-0.15, -0.1) is 0 Å². The van der Waals surface area contributed by atoms with Gasteiger partial charge in [0.1, 0.15) is 17.5 Å². The lowest BCUT2D eigenvalue weighted by Crippen LogP contribution is -2.35. The zero-order chi connectivity index (χ0) is 22.4. The standard InChI is InChI=1S/C26H30N2O3/c1-17-11-13-23(30-4)21(15-17)19(3)27-25(20-9-7-6-8-10-20)26(29)28-22-16-18(2)12-14-24(22)31-5/h6-16,19,25,27H,1-5H3,(H,28,29). The zero-order valence-corrected chi connectivity index (χ0v) is 18.7. The Morgan fingerprint density at radius 1 is 0.839 bits per heavy atom. The number of hydrogen-bond acceptors (Lipinski definition) is 4. The first-order valence-corrected chi connectivity index (χ1v) is 10.3. The van der Waals surface area contributed by atoms with E-state index < -0.39 is 6.04 Å². The molecule has 2 N–H and O–H groups in total. The van der Waals surface area contributed by atoms with Gasteiger partial charge in [-0.1, -0.05) is 54.1 Å². The molecule has 3 rings (SSSR count). The van der Waals surface area contributed by atoms with Crippen molar-refractivity contribution in [2.75, 3.05) is 19.5 Å². The minimum Gasteiger partial charge on any atom is -0.496 e. The topological polar surface area (TPSA) is 59.6 Å². The van der Waals surface area contributed by atoms with Crippen LogP contribution in [0.2, 0.25) is 0 Å². The summed E-state index contributed by atoms with van der Waals surface area (Å²) in [6, 6.07) is 20.8. The van der Waals surface area contributed by atoms with Crippen LogP contribution in [-0.4, -0.2) is 20.1 Å². The summed E-state index contributed by atoms with van der Waals surface area (Å²) >= 11 is 0. The summed E-state index contributed by atoms with van der Waals surface area (Å²) in [5.41, 5.74) is 4.71. The van der Waals surface area contributed by atoms with E-state index in [1.165, 1.54) is 0 Å². The van der Waals surface area contributed by atoms with Crippen molar-refractivity contribution in [2.45, 2.75) is 32.9 Å². The molecule has 3 aromatic carbocycles. The molecule has 0 fully saturated rings. The first-order valence-electron chi connectivity index (χ1n) is 10.3. The number of methoxy groups -OCH3 is 2. The first-order chi connectivity index (χ1) is 14.9. The van der Waals surface area contributed by atoms with Crippen LogP contribution in [0.4, 0.5) is 5.69 Å². The van der Waals surface area contributed by atoms with Crippen LogP contribution < -0.4 is 20.1 Å². The van der Waals surface area contributed by atoms with Gasteiger partial charge in [0.2, 0.25) is 5.91 Å². The number of aryl methyl sites for hydroxylation is 2. The van der Waals surface area contributed by atoms with Crippen molar-refractivity contribution >= 4 is 11.6 Å². The molecule has 0 saturated carbocycles. The van der Waals surface area contributed by atoms with Crippen molar-refractivity contribution in [3.63, 3.8) is 0 Å². The summed E-state index contributed by atoms with van der Waals surface area (Å²) in [6.07, 6.45) is 0. The highest BCUT2D eigenvalue weighted by Gasteiger charge is 2.25. The Kier molecular flexibility index (Phi) is 7.32. The SMILES string of the molecule is COc1ccc(C)cc1NC(=O)C(NC(C)c1cc(C)ccc1OC)c1ccccc1. The summed E-state index contributed by atoms with van der Waals surface area (Å²) in [5.74, 6) is 1.26. The molecule has 2 atom stereocenters. The smallest absolute Gasteiger partial charge is 0.246 e. The van der Waals surface area contributed by atoms with E-state index in [-0.39, 0.29) is 11.9 Å². The number of carbonyl (C=O) groups excluding carboxylic acids is 1. The fraction of sp³-hybridized carbons (Fsp3) is 0.269. The van der Waals surface area contributed by atoms with E-state index in [1.54, 1.807) is 14.2 Å². The number of anilines is 1. The Morgan fingerprint density at radius 2 is 1.45 bits per heavy atom. The monoisotopic (exact) mass is 418 g/mol. The predicted octanol–water partition coefficient (Wildman–Crippen LogP) is 5.35. The van der Waals surface area contributed by atoms with Crippen LogP contribution in [-0.2, 0) is 4.79 Å². The van der Waals surface area contributed by atoms with Crippen LogP contribution in [0.3, 0.4) is 0 Å². The van der Waals surface area contributed by atoms with Gasteiger partial charge in [-0.25, -0.2) is 0 Å². The second-order valence-electron chi connectivity index (χ2n) is 7.67. The maximum atomic E-state index is 13.4. The molecule has 0 saturated heterocycles. The van der Waals surface area contributed by atoms with Gasteiger partial charge in [0.05, 0.1) is 19.9 Å². The van der Waals surface area contributed by atoms with Crippen molar-refractivity contribution in [2.24, 2.45) is 0 Å². The van der Waals surface area contributed by atoms with Crippen LogP contribution in [0.15, 0.2) is 66.7 Å². The van der Waals surface area contributed by atoms with Crippen LogP contribution >= 0.6 is 0 Å². The summed E-state index contributed by atoms with van der Waals surface area (Å²) in [7, 11) is 3.26. The Balaban J connectivity index is 1.92. The molecular weight excluding hydrogens is 388 g/mol. The number of rotatable bonds is 8. The summed E-state index contributed by atoms with van der Waals surface area (Å²) in [6.45, 7) is 6.06. The first kappa shape index (κ1) is 22.4. The second-order valence-corrected chi connectivity index (χ2v) is 7.67. The molecule has 0 aliphatic rings. The molecule has 0 aliphatic heterocycles. The van der Waals surface area contributed by atoms with Gasteiger partial charge >= 0.3 is 0 Å². The van der Waals surface area contributed by atoms with E-state index in [4.69, 9.17) is 9.47 Å². The molecular formula is C26H30N2O3. The van der Waals surface area contributed by atoms with Crippen molar-refractivity contribution < 1.29 is 14.3 Å². The highest BCUT2D eigenvalue weighted by atomic mass is 16.5. The number of amides is 1. The Hall–Kier alpha value is -3.31. The lowest BCUT2D eigenvalue weighted by molar-refractivity contribution is -0.118.